The first-order valence-electron chi connectivity index (χ1n) is 12.8. The Hall–Kier alpha value is -4.17. The second kappa shape index (κ2) is 10.4. The Morgan fingerprint density at radius 1 is 0.875 bits per heavy atom. The number of aliphatic carboxylic acids is 1. The van der Waals surface area contributed by atoms with Crippen molar-refractivity contribution in [2.75, 3.05) is 0 Å². The Labute approximate surface area is 234 Å². The van der Waals surface area contributed by atoms with E-state index in [4.69, 9.17) is 0 Å². The fourth-order valence-electron chi connectivity index (χ4n) is 5.93. The molecule has 4 atom stereocenters. The Kier molecular flexibility index (Phi) is 7.14. The molecule has 2 heterocycles. The largest absolute Gasteiger partial charge is 0.479 e. The van der Waals surface area contributed by atoms with Crippen LogP contribution in [0, 0.1) is 31.4 Å². The fraction of sp³-hybridized carbons (Fsp3) is 0.219. The molecule has 1 aliphatic heterocycles. The van der Waals surface area contributed by atoms with Gasteiger partial charge < -0.3 is 10.0 Å². The minimum absolute atomic E-state index is 0.0507. The van der Waals surface area contributed by atoms with Gasteiger partial charge in [0, 0.05) is 21.9 Å². The van der Waals surface area contributed by atoms with E-state index in [0.717, 1.165) is 11.6 Å². The Morgan fingerprint density at radius 2 is 1.57 bits per heavy atom. The van der Waals surface area contributed by atoms with Gasteiger partial charge in [0.15, 0.2) is 5.78 Å². The van der Waals surface area contributed by atoms with Gasteiger partial charge in [-0.15, -0.1) is 11.3 Å². The standard InChI is InChI=1S/C32H27F2NO4S/c1-18-7-4-5-10-24(18)28(36)25-26(29-19(2)15-16-40-29)32(3,31(38)39)35(27(25)20-11-13-22(33)14-12-20)30(37)21-8-6-9-23(34)17-21/h4-17,25-27H,1-3H3,(H,38,39). The number of carboxylic acid groups (broad SMARTS) is 1. The summed E-state index contributed by atoms with van der Waals surface area (Å²) in [6.07, 6.45) is 0. The molecule has 0 aliphatic carbocycles. The molecule has 1 aliphatic rings. The van der Waals surface area contributed by atoms with Crippen LogP contribution in [0.15, 0.2) is 84.2 Å². The van der Waals surface area contributed by atoms with Crippen LogP contribution in [-0.4, -0.2) is 33.2 Å². The number of carbonyl (C=O) groups excluding carboxylic acids is 2. The highest BCUT2D eigenvalue weighted by Crippen LogP contribution is 2.58. The van der Waals surface area contributed by atoms with Gasteiger partial charge in [0.25, 0.3) is 5.91 Å². The smallest absolute Gasteiger partial charge is 0.330 e. The highest BCUT2D eigenvalue weighted by atomic mass is 32.1. The molecule has 1 saturated heterocycles. The third-order valence-corrected chi connectivity index (χ3v) is 9.02. The molecular weight excluding hydrogens is 532 g/mol. The van der Waals surface area contributed by atoms with Crippen molar-refractivity contribution in [1.29, 1.82) is 0 Å². The molecule has 204 valence electrons. The predicted molar refractivity (Wildman–Crippen MR) is 149 cm³/mol. The van der Waals surface area contributed by atoms with E-state index in [-0.39, 0.29) is 11.3 Å². The molecule has 40 heavy (non-hydrogen) atoms. The molecular formula is C32H27F2NO4S. The maximum Gasteiger partial charge on any atom is 0.330 e. The van der Waals surface area contributed by atoms with Crippen LogP contribution >= 0.6 is 11.3 Å². The van der Waals surface area contributed by atoms with Gasteiger partial charge in [0.05, 0.1) is 12.0 Å². The minimum atomic E-state index is -1.92. The van der Waals surface area contributed by atoms with Crippen molar-refractivity contribution in [1.82, 2.24) is 4.90 Å². The lowest BCUT2D eigenvalue weighted by Crippen LogP contribution is -2.54. The summed E-state index contributed by atoms with van der Waals surface area (Å²) in [6.45, 7) is 5.08. The fourth-order valence-corrected chi connectivity index (χ4v) is 7.12. The number of carboxylic acids is 1. The van der Waals surface area contributed by atoms with Crippen molar-refractivity contribution in [3.05, 3.63) is 129 Å². The normalized spacial score (nSPS) is 22.3. The van der Waals surface area contributed by atoms with Crippen molar-refractivity contribution in [3.63, 3.8) is 0 Å². The van der Waals surface area contributed by atoms with Gasteiger partial charge >= 0.3 is 5.97 Å². The molecule has 4 aromatic rings. The van der Waals surface area contributed by atoms with Crippen molar-refractivity contribution >= 4 is 29.0 Å². The van der Waals surface area contributed by atoms with Crippen LogP contribution in [0.3, 0.4) is 0 Å². The number of rotatable bonds is 6. The van der Waals surface area contributed by atoms with Crippen LogP contribution in [0.4, 0.5) is 8.78 Å². The molecule has 4 unspecified atom stereocenters. The number of hydrogen-bond acceptors (Lipinski definition) is 4. The number of likely N-dealkylation sites (tertiary alicyclic amines) is 1. The molecule has 1 fully saturated rings. The molecule has 0 spiro atoms. The molecule has 8 heteroatoms. The number of amides is 1. The number of halogens is 2. The van der Waals surface area contributed by atoms with E-state index < -0.39 is 46.9 Å². The number of carbonyl (C=O) groups is 3. The zero-order chi connectivity index (χ0) is 28.8. The van der Waals surface area contributed by atoms with Gasteiger partial charge in [-0.3, -0.25) is 9.59 Å². The van der Waals surface area contributed by atoms with Crippen molar-refractivity contribution in [2.24, 2.45) is 5.92 Å². The number of nitrogens with zero attached hydrogens (tertiary/aromatic N) is 1. The van der Waals surface area contributed by atoms with Gasteiger partial charge in [-0.25, -0.2) is 13.6 Å². The topological polar surface area (TPSA) is 74.7 Å². The summed E-state index contributed by atoms with van der Waals surface area (Å²) >= 11 is 1.33. The zero-order valence-electron chi connectivity index (χ0n) is 22.1. The number of ketones is 1. The van der Waals surface area contributed by atoms with Crippen LogP contribution in [0.25, 0.3) is 0 Å². The van der Waals surface area contributed by atoms with Crippen molar-refractivity contribution < 1.29 is 28.3 Å². The molecule has 3 aromatic carbocycles. The summed E-state index contributed by atoms with van der Waals surface area (Å²) in [5.41, 5.74) is 0.349. The molecule has 1 aromatic heterocycles. The molecule has 0 bridgehead atoms. The summed E-state index contributed by atoms with van der Waals surface area (Å²) < 4.78 is 28.3. The molecule has 5 rings (SSSR count). The van der Waals surface area contributed by atoms with Gasteiger partial charge in [-0.05, 0) is 79.2 Å². The zero-order valence-corrected chi connectivity index (χ0v) is 22.9. The second-order valence-corrected chi connectivity index (χ2v) is 11.2. The number of hydrogen-bond donors (Lipinski definition) is 1. The van der Waals surface area contributed by atoms with E-state index >= 15 is 0 Å². The van der Waals surface area contributed by atoms with Crippen molar-refractivity contribution in [2.45, 2.75) is 38.3 Å². The van der Waals surface area contributed by atoms with Crippen LogP contribution in [0.5, 0.6) is 0 Å². The molecule has 1 amide bonds. The summed E-state index contributed by atoms with van der Waals surface area (Å²) in [4.78, 5) is 44.0. The lowest BCUT2D eigenvalue weighted by atomic mass is 9.73. The molecule has 0 radical (unpaired) electrons. The molecule has 1 N–H and O–H groups in total. The average molecular weight is 560 g/mol. The highest BCUT2D eigenvalue weighted by molar-refractivity contribution is 7.10. The molecule has 5 nitrogen and oxygen atoms in total. The second-order valence-electron chi connectivity index (χ2n) is 10.3. The lowest BCUT2D eigenvalue weighted by Gasteiger charge is -2.38. The summed E-state index contributed by atoms with van der Waals surface area (Å²) in [7, 11) is 0. The Morgan fingerprint density at radius 3 is 2.17 bits per heavy atom. The van der Waals surface area contributed by atoms with Gasteiger partial charge in [0.1, 0.15) is 17.2 Å². The van der Waals surface area contributed by atoms with Crippen LogP contribution in [-0.2, 0) is 4.79 Å². The SMILES string of the molecule is Cc1ccccc1C(=O)C1C(c2ccc(F)cc2)N(C(=O)c2cccc(F)c2)C(C)(C(=O)O)C1c1sccc1C. The van der Waals surface area contributed by atoms with Crippen LogP contribution < -0.4 is 0 Å². The first-order valence-corrected chi connectivity index (χ1v) is 13.7. The maximum absolute atomic E-state index is 14.5. The van der Waals surface area contributed by atoms with E-state index in [0.29, 0.717) is 21.6 Å². The number of thiophene rings is 1. The number of aryl methyl sites for hydroxylation is 2. The monoisotopic (exact) mass is 559 g/mol. The highest BCUT2D eigenvalue weighted by Gasteiger charge is 2.65. The van der Waals surface area contributed by atoms with Gasteiger partial charge in [-0.2, -0.15) is 0 Å². The van der Waals surface area contributed by atoms with E-state index in [2.05, 4.69) is 0 Å². The van der Waals surface area contributed by atoms with E-state index in [1.807, 2.05) is 18.4 Å². The quantitative estimate of drug-likeness (QED) is 0.259. The summed E-state index contributed by atoms with van der Waals surface area (Å²) in [5, 5.41) is 12.7. The number of Topliss-reactive ketones (excluding diaryl/α,β-unsaturated/α-hetero) is 1. The van der Waals surface area contributed by atoms with Crippen LogP contribution in [0.2, 0.25) is 0 Å². The average Bonchev–Trinajstić information content (AvgIpc) is 3.47. The first kappa shape index (κ1) is 27.4. The van der Waals surface area contributed by atoms with Crippen molar-refractivity contribution in [3.8, 4) is 0 Å². The Balaban J connectivity index is 1.84. The van der Waals surface area contributed by atoms with E-state index in [1.165, 1.54) is 65.6 Å². The predicted octanol–water partition coefficient (Wildman–Crippen LogP) is 6.97. The minimum Gasteiger partial charge on any atom is -0.479 e. The summed E-state index contributed by atoms with van der Waals surface area (Å²) in [5.74, 6) is -5.53. The molecule has 0 saturated carbocycles. The third-order valence-electron chi connectivity index (χ3n) is 7.92. The van der Waals surface area contributed by atoms with E-state index in [9.17, 15) is 28.3 Å². The Bertz CT molecular complexity index is 1620. The maximum atomic E-state index is 14.5. The lowest BCUT2D eigenvalue weighted by molar-refractivity contribution is -0.148. The third kappa shape index (κ3) is 4.42. The van der Waals surface area contributed by atoms with Crippen LogP contribution in [0.1, 0.15) is 61.2 Å². The van der Waals surface area contributed by atoms with Gasteiger partial charge in [-0.1, -0.05) is 42.5 Å². The van der Waals surface area contributed by atoms with Gasteiger partial charge in [0.2, 0.25) is 0 Å². The number of benzene rings is 3. The first-order chi connectivity index (χ1) is 19.1. The van der Waals surface area contributed by atoms with E-state index in [1.54, 1.807) is 31.2 Å². The summed E-state index contributed by atoms with van der Waals surface area (Å²) in [6, 6.07) is 18.2.